The molecule has 0 aliphatic carbocycles. The monoisotopic (exact) mass is 524 g/mol. The molecule has 1 saturated heterocycles. The number of nitrogens with one attached hydrogen (secondary N) is 2. The molecule has 2 heterocycles. The van der Waals surface area contributed by atoms with Gasteiger partial charge in [-0.1, -0.05) is 19.1 Å². The molecule has 2 N–H and O–H groups in total. The quantitative estimate of drug-likeness (QED) is 0.301. The molecule has 1 aromatic carbocycles. The van der Waals surface area contributed by atoms with Gasteiger partial charge in [-0.3, -0.25) is 9.79 Å². The van der Waals surface area contributed by atoms with Gasteiger partial charge < -0.3 is 15.5 Å². The maximum Gasteiger partial charge on any atom is 0.222 e. The number of likely N-dealkylation sites (tertiary alicyclic amines) is 1. The molecular weight excluding hydrogens is 491 g/mol. The van der Waals surface area contributed by atoms with Gasteiger partial charge in [0, 0.05) is 51.5 Å². The normalized spacial score (nSPS) is 15.1. The number of carbonyl (C=O) groups excluding carboxylic acids is 1. The van der Waals surface area contributed by atoms with Crippen LogP contribution in [0.3, 0.4) is 0 Å². The van der Waals surface area contributed by atoms with Crippen LogP contribution in [0.15, 0.2) is 47.7 Å². The van der Waals surface area contributed by atoms with E-state index in [1.165, 1.54) is 5.56 Å². The molecule has 8 heteroatoms. The molecule has 1 atom stereocenters. The maximum atomic E-state index is 12.0. The van der Waals surface area contributed by atoms with E-state index in [1.54, 1.807) is 13.2 Å². The van der Waals surface area contributed by atoms with Crippen LogP contribution < -0.4 is 10.6 Å². The molecule has 30 heavy (non-hydrogen) atoms. The second-order valence-corrected chi connectivity index (χ2v) is 7.33. The number of hydrogen-bond donors (Lipinski definition) is 2. The van der Waals surface area contributed by atoms with Crippen LogP contribution in [0.2, 0.25) is 0 Å². The van der Waals surface area contributed by atoms with E-state index < -0.39 is 0 Å². The number of halogens is 1. The van der Waals surface area contributed by atoms with Crippen LogP contribution in [0.25, 0.3) is 5.69 Å². The van der Waals surface area contributed by atoms with E-state index in [9.17, 15) is 4.79 Å². The molecule has 2 aromatic rings. The Kier molecular flexibility index (Phi) is 10.1. The van der Waals surface area contributed by atoms with Crippen molar-refractivity contribution in [2.45, 2.75) is 45.1 Å². The maximum absolute atomic E-state index is 12.0. The largest absolute Gasteiger partial charge is 0.356 e. The van der Waals surface area contributed by atoms with Crippen LogP contribution in [-0.4, -0.2) is 59.3 Å². The molecular formula is C22H33IN6O. The molecule has 1 aromatic heterocycles. The van der Waals surface area contributed by atoms with Gasteiger partial charge in [-0.05, 0) is 49.4 Å². The van der Waals surface area contributed by atoms with E-state index in [4.69, 9.17) is 0 Å². The zero-order valence-electron chi connectivity index (χ0n) is 17.9. The third kappa shape index (κ3) is 6.72. The van der Waals surface area contributed by atoms with Crippen LogP contribution in [0, 0.1) is 0 Å². The second kappa shape index (κ2) is 12.6. The first-order valence-corrected chi connectivity index (χ1v) is 10.5. The van der Waals surface area contributed by atoms with E-state index in [1.807, 2.05) is 21.8 Å². The molecule has 0 spiro atoms. The Balaban J connectivity index is 0.00000320. The summed E-state index contributed by atoms with van der Waals surface area (Å²) < 4.78 is 1.85. The minimum atomic E-state index is 0. The first-order valence-electron chi connectivity index (χ1n) is 10.5. The number of nitrogens with zero attached hydrogens (tertiary/aromatic N) is 4. The highest BCUT2D eigenvalue weighted by atomic mass is 127. The van der Waals surface area contributed by atoms with E-state index in [0.717, 1.165) is 57.0 Å². The van der Waals surface area contributed by atoms with Gasteiger partial charge in [0.25, 0.3) is 0 Å². The molecule has 0 saturated carbocycles. The summed E-state index contributed by atoms with van der Waals surface area (Å²) in [5.41, 5.74) is 2.33. The standard InChI is InChI=1S/C22H32N6O.HI/c1-3-19(27-16-4-6-21(27)29)12-15-25-22(23-2)24-14-11-18-7-9-20(10-8-18)28-17-5-13-26-28;/h5,7-10,13,17,19H,3-4,6,11-12,14-16H2,1-2H3,(H2,23,24,25);1H. The van der Waals surface area contributed by atoms with Crippen molar-refractivity contribution in [1.82, 2.24) is 25.3 Å². The summed E-state index contributed by atoms with van der Waals surface area (Å²) in [7, 11) is 1.79. The van der Waals surface area contributed by atoms with Gasteiger partial charge in [0.15, 0.2) is 5.96 Å². The summed E-state index contributed by atoms with van der Waals surface area (Å²) in [5.74, 6) is 1.11. The zero-order chi connectivity index (χ0) is 20.5. The number of amides is 1. The van der Waals surface area contributed by atoms with Crippen LogP contribution >= 0.6 is 24.0 Å². The topological polar surface area (TPSA) is 74.6 Å². The number of guanidine groups is 1. The molecule has 3 rings (SSSR count). The molecule has 164 valence electrons. The van der Waals surface area contributed by atoms with Crippen LogP contribution in [0.5, 0.6) is 0 Å². The van der Waals surface area contributed by atoms with Crippen molar-refractivity contribution in [2.24, 2.45) is 4.99 Å². The van der Waals surface area contributed by atoms with Gasteiger partial charge in [-0.15, -0.1) is 24.0 Å². The fraction of sp³-hybridized carbons (Fsp3) is 0.500. The van der Waals surface area contributed by atoms with Crippen molar-refractivity contribution in [3.8, 4) is 5.69 Å². The average molecular weight is 524 g/mol. The Bertz CT molecular complexity index is 790. The zero-order valence-corrected chi connectivity index (χ0v) is 20.2. The summed E-state index contributed by atoms with van der Waals surface area (Å²) in [6, 6.07) is 10.7. The summed E-state index contributed by atoms with van der Waals surface area (Å²) in [6.07, 6.45) is 8.27. The fourth-order valence-corrected chi connectivity index (χ4v) is 3.78. The van der Waals surface area contributed by atoms with E-state index in [2.05, 4.69) is 51.9 Å². The number of rotatable bonds is 9. The number of hydrogen-bond acceptors (Lipinski definition) is 3. The van der Waals surface area contributed by atoms with Gasteiger partial charge in [-0.2, -0.15) is 5.10 Å². The van der Waals surface area contributed by atoms with Gasteiger partial charge >= 0.3 is 0 Å². The number of aliphatic imine (C=N–C) groups is 1. The summed E-state index contributed by atoms with van der Waals surface area (Å²) in [5, 5.41) is 11.0. The number of carbonyl (C=O) groups is 1. The van der Waals surface area contributed by atoms with Crippen molar-refractivity contribution in [1.29, 1.82) is 0 Å². The van der Waals surface area contributed by atoms with Crippen molar-refractivity contribution in [2.75, 3.05) is 26.7 Å². The van der Waals surface area contributed by atoms with E-state index in [-0.39, 0.29) is 24.0 Å². The van der Waals surface area contributed by atoms with Gasteiger partial charge in [0.05, 0.1) is 5.69 Å². The number of aromatic nitrogens is 2. The molecule has 1 aliphatic rings. The van der Waals surface area contributed by atoms with Crippen LogP contribution in [0.4, 0.5) is 0 Å². The first-order chi connectivity index (χ1) is 14.2. The molecule has 7 nitrogen and oxygen atoms in total. The molecule has 0 bridgehead atoms. The minimum Gasteiger partial charge on any atom is -0.356 e. The Labute approximate surface area is 196 Å². The predicted molar refractivity (Wildman–Crippen MR) is 132 cm³/mol. The highest BCUT2D eigenvalue weighted by Crippen LogP contribution is 2.17. The third-order valence-corrected chi connectivity index (χ3v) is 5.43. The van der Waals surface area contributed by atoms with Crippen molar-refractivity contribution in [3.05, 3.63) is 48.3 Å². The first kappa shape index (κ1) is 24.2. The molecule has 1 unspecified atom stereocenters. The van der Waals surface area contributed by atoms with Gasteiger partial charge in [-0.25, -0.2) is 4.68 Å². The Morgan fingerprint density at radius 3 is 2.60 bits per heavy atom. The highest BCUT2D eigenvalue weighted by Gasteiger charge is 2.26. The summed E-state index contributed by atoms with van der Waals surface area (Å²) in [6.45, 7) is 4.67. The third-order valence-electron chi connectivity index (χ3n) is 5.43. The average Bonchev–Trinajstić information content (AvgIpc) is 3.43. The fourth-order valence-electron chi connectivity index (χ4n) is 3.78. The minimum absolute atomic E-state index is 0. The van der Waals surface area contributed by atoms with Crippen molar-refractivity contribution in [3.63, 3.8) is 0 Å². The Hall–Kier alpha value is -2.10. The predicted octanol–water partition coefficient (Wildman–Crippen LogP) is 2.99. The highest BCUT2D eigenvalue weighted by molar-refractivity contribution is 14.0. The second-order valence-electron chi connectivity index (χ2n) is 7.33. The van der Waals surface area contributed by atoms with Gasteiger partial charge in [0.2, 0.25) is 5.91 Å². The van der Waals surface area contributed by atoms with E-state index in [0.29, 0.717) is 18.4 Å². The molecule has 1 aliphatic heterocycles. The lowest BCUT2D eigenvalue weighted by Crippen LogP contribution is -2.42. The molecule has 1 amide bonds. The van der Waals surface area contributed by atoms with E-state index >= 15 is 0 Å². The van der Waals surface area contributed by atoms with Crippen molar-refractivity contribution < 1.29 is 4.79 Å². The summed E-state index contributed by atoms with van der Waals surface area (Å²) in [4.78, 5) is 18.3. The lowest BCUT2D eigenvalue weighted by atomic mass is 10.1. The lowest BCUT2D eigenvalue weighted by Gasteiger charge is -2.27. The van der Waals surface area contributed by atoms with Crippen LogP contribution in [-0.2, 0) is 11.2 Å². The molecule has 0 radical (unpaired) electrons. The Morgan fingerprint density at radius 2 is 2.00 bits per heavy atom. The SMILES string of the molecule is CCC(CCNC(=NC)NCCc1ccc(-n2cccn2)cc1)N1CCCC1=O.I. The molecule has 1 fully saturated rings. The van der Waals surface area contributed by atoms with Crippen LogP contribution in [0.1, 0.15) is 38.2 Å². The summed E-state index contributed by atoms with van der Waals surface area (Å²) >= 11 is 0. The Morgan fingerprint density at radius 1 is 1.23 bits per heavy atom. The van der Waals surface area contributed by atoms with Gasteiger partial charge in [0.1, 0.15) is 0 Å². The van der Waals surface area contributed by atoms with Crippen molar-refractivity contribution >= 4 is 35.8 Å². The number of benzene rings is 1. The lowest BCUT2D eigenvalue weighted by molar-refractivity contribution is -0.129. The smallest absolute Gasteiger partial charge is 0.222 e.